The molecule has 0 aliphatic carbocycles. The van der Waals surface area contributed by atoms with E-state index in [0.29, 0.717) is 5.82 Å². The van der Waals surface area contributed by atoms with Gasteiger partial charge < -0.3 is 10.0 Å². The summed E-state index contributed by atoms with van der Waals surface area (Å²) in [6.07, 6.45) is 0. The summed E-state index contributed by atoms with van der Waals surface area (Å²) < 4.78 is 0. The van der Waals surface area contributed by atoms with Gasteiger partial charge in [0.1, 0.15) is 6.61 Å². The summed E-state index contributed by atoms with van der Waals surface area (Å²) in [7, 11) is 3.96. The van der Waals surface area contributed by atoms with Crippen molar-refractivity contribution < 1.29 is 5.11 Å². The number of aliphatic hydroxyl groups is 1. The molecule has 0 aliphatic heterocycles. The van der Waals surface area contributed by atoms with Crippen LogP contribution < -0.4 is 4.90 Å². The van der Waals surface area contributed by atoms with Crippen LogP contribution in [0, 0.1) is 0 Å². The SMILES string of the molecule is CN(C)c1ccc(-n2nnc(CO)n2)cc1. The van der Waals surface area contributed by atoms with Gasteiger partial charge in [0.15, 0.2) is 0 Å². The second-order valence-electron chi connectivity index (χ2n) is 3.56. The summed E-state index contributed by atoms with van der Waals surface area (Å²) in [6, 6.07) is 7.74. The number of anilines is 1. The van der Waals surface area contributed by atoms with E-state index in [1.807, 2.05) is 43.3 Å². The molecule has 0 radical (unpaired) electrons. The zero-order valence-electron chi connectivity index (χ0n) is 9.20. The van der Waals surface area contributed by atoms with Crippen molar-refractivity contribution >= 4 is 5.69 Å². The van der Waals surface area contributed by atoms with Gasteiger partial charge in [-0.3, -0.25) is 0 Å². The van der Waals surface area contributed by atoms with Gasteiger partial charge in [0.25, 0.3) is 0 Å². The van der Waals surface area contributed by atoms with Crippen molar-refractivity contribution in [2.75, 3.05) is 19.0 Å². The van der Waals surface area contributed by atoms with Crippen molar-refractivity contribution in [2.24, 2.45) is 0 Å². The molecule has 2 aromatic rings. The maximum Gasteiger partial charge on any atom is 0.200 e. The molecule has 1 N–H and O–H groups in total. The Morgan fingerprint density at radius 2 is 1.94 bits per heavy atom. The van der Waals surface area contributed by atoms with E-state index < -0.39 is 0 Å². The number of tetrazole rings is 1. The minimum absolute atomic E-state index is 0.199. The van der Waals surface area contributed by atoms with Gasteiger partial charge >= 0.3 is 0 Å². The first-order valence-electron chi connectivity index (χ1n) is 4.88. The molecule has 0 amide bonds. The van der Waals surface area contributed by atoms with Gasteiger partial charge in [0, 0.05) is 19.8 Å². The predicted molar refractivity (Wildman–Crippen MR) is 59.4 cm³/mol. The van der Waals surface area contributed by atoms with E-state index in [1.54, 1.807) is 0 Å². The normalized spacial score (nSPS) is 10.4. The number of hydrogen-bond acceptors (Lipinski definition) is 5. The Hall–Kier alpha value is -1.95. The highest BCUT2D eigenvalue weighted by Gasteiger charge is 2.03. The number of aliphatic hydroxyl groups excluding tert-OH is 1. The first-order chi connectivity index (χ1) is 7.70. The van der Waals surface area contributed by atoms with Crippen LogP contribution in [0.1, 0.15) is 5.82 Å². The maximum absolute atomic E-state index is 8.83. The molecule has 0 aliphatic rings. The lowest BCUT2D eigenvalue weighted by Crippen LogP contribution is -2.08. The molecule has 84 valence electrons. The zero-order chi connectivity index (χ0) is 11.5. The van der Waals surface area contributed by atoms with Gasteiger partial charge in [-0.15, -0.1) is 15.0 Å². The van der Waals surface area contributed by atoms with Gasteiger partial charge in [0.2, 0.25) is 5.82 Å². The number of benzene rings is 1. The van der Waals surface area contributed by atoms with E-state index in [4.69, 9.17) is 5.11 Å². The summed E-state index contributed by atoms with van der Waals surface area (Å²) in [5.74, 6) is 0.316. The minimum atomic E-state index is -0.199. The average molecular weight is 219 g/mol. The van der Waals surface area contributed by atoms with Gasteiger partial charge in [-0.1, -0.05) is 0 Å². The molecule has 1 aromatic heterocycles. The Morgan fingerprint density at radius 3 is 2.44 bits per heavy atom. The third-order valence-corrected chi connectivity index (χ3v) is 2.19. The molecule has 0 unspecified atom stereocenters. The smallest absolute Gasteiger partial charge is 0.200 e. The number of hydrogen-bond donors (Lipinski definition) is 1. The average Bonchev–Trinajstić information content (AvgIpc) is 2.77. The third kappa shape index (κ3) is 2.01. The maximum atomic E-state index is 8.83. The van der Waals surface area contributed by atoms with Crippen molar-refractivity contribution in [3.8, 4) is 5.69 Å². The molecule has 1 heterocycles. The van der Waals surface area contributed by atoms with Crippen molar-refractivity contribution in [1.29, 1.82) is 0 Å². The van der Waals surface area contributed by atoms with E-state index in [1.165, 1.54) is 4.80 Å². The topological polar surface area (TPSA) is 67.1 Å². The van der Waals surface area contributed by atoms with Gasteiger partial charge in [0.05, 0.1) is 5.69 Å². The molecule has 6 heteroatoms. The molecule has 0 spiro atoms. The van der Waals surface area contributed by atoms with Crippen LogP contribution in [0.4, 0.5) is 5.69 Å². The van der Waals surface area contributed by atoms with Crippen molar-refractivity contribution in [3.05, 3.63) is 30.1 Å². The second-order valence-corrected chi connectivity index (χ2v) is 3.56. The molecule has 16 heavy (non-hydrogen) atoms. The minimum Gasteiger partial charge on any atom is -0.388 e. The predicted octanol–water partition coefficient (Wildman–Crippen LogP) is 0.221. The van der Waals surface area contributed by atoms with Crippen molar-refractivity contribution in [1.82, 2.24) is 20.2 Å². The molecule has 0 atom stereocenters. The third-order valence-electron chi connectivity index (χ3n) is 2.19. The largest absolute Gasteiger partial charge is 0.388 e. The van der Waals surface area contributed by atoms with Crippen LogP contribution in [0.2, 0.25) is 0 Å². The lowest BCUT2D eigenvalue weighted by molar-refractivity contribution is 0.271. The molecule has 0 fully saturated rings. The zero-order valence-corrected chi connectivity index (χ0v) is 9.20. The first-order valence-corrected chi connectivity index (χ1v) is 4.88. The van der Waals surface area contributed by atoms with Crippen LogP contribution in [-0.2, 0) is 6.61 Å². The summed E-state index contributed by atoms with van der Waals surface area (Å²) in [5, 5.41) is 20.4. The van der Waals surface area contributed by atoms with Crippen LogP contribution in [0.25, 0.3) is 5.69 Å². The Kier molecular flexibility index (Phi) is 2.82. The van der Waals surface area contributed by atoms with Gasteiger partial charge in [-0.25, -0.2) is 0 Å². The fourth-order valence-electron chi connectivity index (χ4n) is 1.30. The van der Waals surface area contributed by atoms with E-state index in [0.717, 1.165) is 11.4 Å². The fourth-order valence-corrected chi connectivity index (χ4v) is 1.30. The van der Waals surface area contributed by atoms with E-state index >= 15 is 0 Å². The number of nitrogens with zero attached hydrogens (tertiary/aromatic N) is 5. The Morgan fingerprint density at radius 1 is 1.25 bits per heavy atom. The summed E-state index contributed by atoms with van der Waals surface area (Å²) >= 11 is 0. The second kappa shape index (κ2) is 4.28. The monoisotopic (exact) mass is 219 g/mol. The lowest BCUT2D eigenvalue weighted by Gasteiger charge is -2.11. The lowest BCUT2D eigenvalue weighted by atomic mass is 10.3. The van der Waals surface area contributed by atoms with Crippen LogP contribution in [-0.4, -0.2) is 39.4 Å². The molecule has 2 rings (SSSR count). The van der Waals surface area contributed by atoms with Gasteiger partial charge in [-0.05, 0) is 29.5 Å². The number of aromatic nitrogens is 4. The Labute approximate surface area is 93.1 Å². The molecule has 0 bridgehead atoms. The fraction of sp³-hybridized carbons (Fsp3) is 0.300. The van der Waals surface area contributed by atoms with E-state index in [2.05, 4.69) is 15.4 Å². The molecule has 1 aromatic carbocycles. The van der Waals surface area contributed by atoms with E-state index in [-0.39, 0.29) is 6.61 Å². The molecule has 0 saturated carbocycles. The number of rotatable bonds is 3. The highest BCUT2D eigenvalue weighted by molar-refractivity contribution is 5.49. The highest BCUT2D eigenvalue weighted by atomic mass is 16.3. The molecular formula is C10H13N5O. The van der Waals surface area contributed by atoms with Crippen molar-refractivity contribution in [3.63, 3.8) is 0 Å². The Bertz CT molecular complexity index is 462. The molecular weight excluding hydrogens is 206 g/mol. The summed E-state index contributed by atoms with van der Waals surface area (Å²) in [6.45, 7) is -0.199. The van der Waals surface area contributed by atoms with Crippen molar-refractivity contribution in [2.45, 2.75) is 6.61 Å². The van der Waals surface area contributed by atoms with Gasteiger partial charge in [-0.2, -0.15) is 0 Å². The van der Waals surface area contributed by atoms with E-state index in [9.17, 15) is 0 Å². The van der Waals surface area contributed by atoms with Crippen LogP contribution in [0.15, 0.2) is 24.3 Å². The molecule has 6 nitrogen and oxygen atoms in total. The summed E-state index contributed by atoms with van der Waals surface area (Å²) in [4.78, 5) is 3.41. The Balaban J connectivity index is 2.27. The first kappa shape index (κ1) is 10.6. The molecule has 0 saturated heterocycles. The van der Waals surface area contributed by atoms with Crippen LogP contribution >= 0.6 is 0 Å². The van der Waals surface area contributed by atoms with Crippen LogP contribution in [0.5, 0.6) is 0 Å². The standard InChI is InChI=1S/C10H13N5O/c1-14(2)8-3-5-9(6-4-8)15-12-10(7-16)11-13-15/h3-6,16H,7H2,1-2H3. The highest BCUT2D eigenvalue weighted by Crippen LogP contribution is 2.13. The quantitative estimate of drug-likeness (QED) is 0.800. The van der Waals surface area contributed by atoms with Crippen LogP contribution in [0.3, 0.4) is 0 Å². The summed E-state index contributed by atoms with van der Waals surface area (Å²) in [5.41, 5.74) is 1.92.